The van der Waals surface area contributed by atoms with Crippen molar-refractivity contribution in [1.29, 1.82) is 0 Å². The summed E-state index contributed by atoms with van der Waals surface area (Å²) in [6, 6.07) is 0.663. The fourth-order valence-corrected chi connectivity index (χ4v) is 2.42. The van der Waals surface area contributed by atoms with E-state index in [1.807, 2.05) is 0 Å². The number of rotatable bonds is 13. The van der Waals surface area contributed by atoms with E-state index in [9.17, 15) is 0 Å². The second-order valence-corrected chi connectivity index (χ2v) is 6.85. The number of nitrogens with zero attached hydrogens (tertiary/aromatic N) is 2. The van der Waals surface area contributed by atoms with Gasteiger partial charge in [0, 0.05) is 38.8 Å². The zero-order chi connectivity index (χ0) is 15.4. The van der Waals surface area contributed by atoms with Gasteiger partial charge in [0.05, 0.1) is 0 Å². The predicted octanol–water partition coefficient (Wildman–Crippen LogP) is 3.06. The number of unbranched alkanes of at least 4 members (excludes halogenated alkanes) is 2. The largest absolute Gasteiger partial charge is 0.313 e. The number of nitrogens with one attached hydrogen (secondary N) is 1. The first-order chi connectivity index (χ1) is 9.45. The van der Waals surface area contributed by atoms with E-state index in [0.29, 0.717) is 6.04 Å². The summed E-state index contributed by atoms with van der Waals surface area (Å²) in [4.78, 5) is 4.87. The van der Waals surface area contributed by atoms with Gasteiger partial charge in [-0.05, 0) is 33.4 Å². The van der Waals surface area contributed by atoms with Crippen molar-refractivity contribution in [3.8, 4) is 0 Å². The normalized spacial score (nSPS) is 13.7. The van der Waals surface area contributed by atoms with E-state index in [-0.39, 0.29) is 0 Å². The number of hydrogen-bond donors (Lipinski definition) is 1. The topological polar surface area (TPSA) is 18.5 Å². The van der Waals surface area contributed by atoms with Crippen molar-refractivity contribution in [3.05, 3.63) is 0 Å². The molecule has 122 valence electrons. The van der Waals surface area contributed by atoms with Crippen molar-refractivity contribution < 1.29 is 0 Å². The van der Waals surface area contributed by atoms with E-state index in [4.69, 9.17) is 0 Å². The van der Waals surface area contributed by atoms with Crippen molar-refractivity contribution in [2.45, 2.75) is 59.4 Å². The summed E-state index contributed by atoms with van der Waals surface area (Å²) in [5, 5.41) is 3.68. The molecule has 3 nitrogen and oxygen atoms in total. The van der Waals surface area contributed by atoms with Gasteiger partial charge in [0.1, 0.15) is 0 Å². The van der Waals surface area contributed by atoms with Gasteiger partial charge in [0.25, 0.3) is 0 Å². The highest BCUT2D eigenvalue weighted by Crippen LogP contribution is 2.03. The summed E-state index contributed by atoms with van der Waals surface area (Å²) < 4.78 is 0. The SMILES string of the molecule is CCCCCC(C)NCCN(CCN(C)C)CC(C)C. The Bertz CT molecular complexity index is 204. The maximum atomic E-state index is 3.68. The minimum atomic E-state index is 0.663. The highest BCUT2D eigenvalue weighted by atomic mass is 15.2. The molecule has 0 saturated carbocycles. The van der Waals surface area contributed by atoms with Gasteiger partial charge in [-0.2, -0.15) is 0 Å². The van der Waals surface area contributed by atoms with Crippen LogP contribution >= 0.6 is 0 Å². The zero-order valence-corrected chi connectivity index (χ0v) is 14.9. The third-order valence-corrected chi connectivity index (χ3v) is 3.65. The van der Waals surface area contributed by atoms with Crippen LogP contribution in [0.25, 0.3) is 0 Å². The molecule has 1 N–H and O–H groups in total. The minimum absolute atomic E-state index is 0.663. The summed E-state index contributed by atoms with van der Waals surface area (Å²) in [5.41, 5.74) is 0. The molecule has 0 aromatic carbocycles. The Morgan fingerprint density at radius 1 is 0.950 bits per heavy atom. The molecule has 1 atom stereocenters. The molecule has 0 bridgehead atoms. The number of likely N-dealkylation sites (N-methyl/N-ethyl adjacent to an activating group) is 1. The van der Waals surface area contributed by atoms with Gasteiger partial charge >= 0.3 is 0 Å². The Morgan fingerprint density at radius 2 is 1.65 bits per heavy atom. The molecule has 0 heterocycles. The van der Waals surface area contributed by atoms with Crippen LogP contribution < -0.4 is 5.32 Å². The molecule has 0 aromatic heterocycles. The lowest BCUT2D eigenvalue weighted by Crippen LogP contribution is -2.40. The minimum Gasteiger partial charge on any atom is -0.313 e. The smallest absolute Gasteiger partial charge is 0.0110 e. The quantitative estimate of drug-likeness (QED) is 0.525. The Morgan fingerprint density at radius 3 is 2.20 bits per heavy atom. The van der Waals surface area contributed by atoms with Crippen molar-refractivity contribution >= 4 is 0 Å². The van der Waals surface area contributed by atoms with Crippen LogP contribution in [0.2, 0.25) is 0 Å². The lowest BCUT2D eigenvalue weighted by atomic mass is 10.1. The van der Waals surface area contributed by atoms with Crippen molar-refractivity contribution in [2.24, 2.45) is 5.92 Å². The van der Waals surface area contributed by atoms with E-state index >= 15 is 0 Å². The van der Waals surface area contributed by atoms with Crippen LogP contribution in [-0.4, -0.2) is 62.7 Å². The van der Waals surface area contributed by atoms with Crippen molar-refractivity contribution in [1.82, 2.24) is 15.1 Å². The number of hydrogen-bond acceptors (Lipinski definition) is 3. The van der Waals surface area contributed by atoms with Crippen molar-refractivity contribution in [2.75, 3.05) is 46.8 Å². The van der Waals surface area contributed by atoms with Crippen LogP contribution in [0.15, 0.2) is 0 Å². The monoisotopic (exact) mass is 285 g/mol. The molecular formula is C17H39N3. The standard InChI is InChI=1S/C17H39N3/c1-7-8-9-10-17(4)18-11-12-20(15-16(2)3)14-13-19(5)6/h16-18H,7-15H2,1-6H3. The Labute approximate surface area is 128 Å². The Hall–Kier alpha value is -0.120. The zero-order valence-electron chi connectivity index (χ0n) is 14.9. The van der Waals surface area contributed by atoms with Crippen LogP contribution in [-0.2, 0) is 0 Å². The molecule has 0 saturated heterocycles. The highest BCUT2D eigenvalue weighted by molar-refractivity contribution is 4.66. The molecule has 0 spiro atoms. The molecule has 0 aliphatic carbocycles. The maximum absolute atomic E-state index is 3.68. The van der Waals surface area contributed by atoms with Gasteiger partial charge in [0.2, 0.25) is 0 Å². The van der Waals surface area contributed by atoms with E-state index in [1.54, 1.807) is 0 Å². The summed E-state index contributed by atoms with van der Waals surface area (Å²) >= 11 is 0. The van der Waals surface area contributed by atoms with Crippen LogP contribution in [0.3, 0.4) is 0 Å². The maximum Gasteiger partial charge on any atom is 0.0110 e. The van der Waals surface area contributed by atoms with Crippen LogP contribution in [0.5, 0.6) is 0 Å². The van der Waals surface area contributed by atoms with Gasteiger partial charge in [-0.25, -0.2) is 0 Å². The van der Waals surface area contributed by atoms with Gasteiger partial charge in [0.15, 0.2) is 0 Å². The third kappa shape index (κ3) is 12.9. The lowest BCUT2D eigenvalue weighted by Gasteiger charge is -2.26. The Balaban J connectivity index is 3.81. The molecule has 1 unspecified atom stereocenters. The van der Waals surface area contributed by atoms with Gasteiger partial charge in [-0.1, -0.05) is 40.0 Å². The fourth-order valence-electron chi connectivity index (χ4n) is 2.42. The molecule has 20 heavy (non-hydrogen) atoms. The van der Waals surface area contributed by atoms with E-state index < -0.39 is 0 Å². The molecule has 0 fully saturated rings. The molecule has 0 aromatic rings. The van der Waals surface area contributed by atoms with Gasteiger partial charge < -0.3 is 15.1 Å². The van der Waals surface area contributed by atoms with Gasteiger partial charge in [-0.3, -0.25) is 0 Å². The first-order valence-corrected chi connectivity index (χ1v) is 8.56. The van der Waals surface area contributed by atoms with Crippen molar-refractivity contribution in [3.63, 3.8) is 0 Å². The molecule has 3 heteroatoms. The average molecular weight is 286 g/mol. The van der Waals surface area contributed by atoms with Gasteiger partial charge in [-0.15, -0.1) is 0 Å². The second kappa shape index (κ2) is 12.6. The summed E-state index contributed by atoms with van der Waals surface area (Å²) in [7, 11) is 4.31. The summed E-state index contributed by atoms with van der Waals surface area (Å²) in [5.74, 6) is 0.749. The third-order valence-electron chi connectivity index (χ3n) is 3.65. The molecule has 0 amide bonds. The van der Waals surface area contributed by atoms with Crippen LogP contribution in [0.4, 0.5) is 0 Å². The molecule has 0 aliphatic heterocycles. The lowest BCUT2D eigenvalue weighted by molar-refractivity contribution is 0.217. The van der Waals surface area contributed by atoms with Crippen LogP contribution in [0, 0.1) is 5.92 Å². The average Bonchev–Trinajstić information content (AvgIpc) is 2.35. The molecule has 0 radical (unpaired) electrons. The second-order valence-electron chi connectivity index (χ2n) is 6.85. The highest BCUT2D eigenvalue weighted by Gasteiger charge is 2.08. The first kappa shape index (κ1) is 19.9. The van der Waals surface area contributed by atoms with Crippen LogP contribution in [0.1, 0.15) is 53.4 Å². The van der Waals surface area contributed by atoms with E-state index in [2.05, 4.69) is 56.9 Å². The Kier molecular flexibility index (Phi) is 12.5. The summed E-state index contributed by atoms with van der Waals surface area (Å²) in [6.45, 7) is 15.0. The fraction of sp³-hybridized carbons (Fsp3) is 1.00. The molecule has 0 aliphatic rings. The van der Waals surface area contributed by atoms with E-state index in [0.717, 1.165) is 19.0 Å². The first-order valence-electron chi connectivity index (χ1n) is 8.56. The molecular weight excluding hydrogens is 246 g/mol. The molecule has 0 rings (SSSR count). The van der Waals surface area contributed by atoms with E-state index in [1.165, 1.54) is 45.3 Å². The predicted molar refractivity (Wildman–Crippen MR) is 91.4 cm³/mol. The summed E-state index contributed by atoms with van der Waals surface area (Å²) in [6.07, 6.45) is 5.37.